The Morgan fingerprint density at radius 1 is 0.826 bits per heavy atom. The number of fused-ring (bicyclic) bond motifs is 1. The molecule has 0 N–H and O–H groups in total. The first-order chi connectivity index (χ1) is 11.3. The smallest absolute Gasteiger partial charge is 0.0456 e. The van der Waals surface area contributed by atoms with Gasteiger partial charge in [-0.15, -0.1) is 22.7 Å². The monoisotopic (exact) mass is 348 g/mol. The fourth-order valence-corrected chi connectivity index (χ4v) is 6.51. The summed E-state index contributed by atoms with van der Waals surface area (Å²) in [5, 5.41) is 0. The normalized spacial score (nSPS) is 22.0. The van der Waals surface area contributed by atoms with Gasteiger partial charge in [-0.1, -0.05) is 58.8 Å². The molecule has 3 rings (SSSR count). The molecular weight excluding hydrogens is 316 g/mol. The molecule has 0 atom stereocenters. The largest absolute Gasteiger partial charge is 0.139 e. The average Bonchev–Trinajstić information content (AvgIpc) is 3.12. The molecule has 0 aliphatic heterocycles. The molecule has 1 saturated carbocycles. The van der Waals surface area contributed by atoms with Crippen LogP contribution in [0.3, 0.4) is 0 Å². The summed E-state index contributed by atoms with van der Waals surface area (Å²) in [6.45, 7) is 4.65. The Hall–Kier alpha value is -0.340. The molecule has 1 fully saturated rings. The fraction of sp³-hybridized carbons (Fsp3) is 0.714. The number of aryl methyl sites for hydroxylation is 2. The van der Waals surface area contributed by atoms with Crippen molar-refractivity contribution < 1.29 is 0 Å². The van der Waals surface area contributed by atoms with Crippen LogP contribution in [-0.2, 0) is 12.8 Å². The zero-order valence-electron chi connectivity index (χ0n) is 14.9. The van der Waals surface area contributed by atoms with E-state index in [0.717, 1.165) is 11.8 Å². The molecule has 0 aromatic carbocycles. The van der Waals surface area contributed by atoms with Crippen LogP contribution in [-0.4, -0.2) is 0 Å². The molecule has 0 unspecified atom stereocenters. The first-order valence-electron chi connectivity index (χ1n) is 9.79. The number of unbranched alkanes of at least 4 members (excludes halogenated alkanes) is 2. The highest BCUT2D eigenvalue weighted by Crippen LogP contribution is 2.37. The van der Waals surface area contributed by atoms with Crippen molar-refractivity contribution in [2.45, 2.75) is 84.5 Å². The van der Waals surface area contributed by atoms with E-state index < -0.39 is 0 Å². The minimum atomic E-state index is 1.00. The van der Waals surface area contributed by atoms with Crippen LogP contribution >= 0.6 is 22.7 Å². The van der Waals surface area contributed by atoms with Gasteiger partial charge in [-0.2, -0.15) is 0 Å². The lowest BCUT2D eigenvalue weighted by atomic mass is 9.79. The third-order valence-corrected chi connectivity index (χ3v) is 8.09. The van der Waals surface area contributed by atoms with Crippen molar-refractivity contribution in [2.75, 3.05) is 0 Å². The summed E-state index contributed by atoms with van der Waals surface area (Å²) in [6.07, 6.45) is 15.4. The summed E-state index contributed by atoms with van der Waals surface area (Å²) in [7, 11) is 0. The van der Waals surface area contributed by atoms with Crippen LogP contribution in [0.25, 0.3) is 9.40 Å². The molecule has 0 radical (unpaired) electrons. The molecule has 0 saturated heterocycles. The van der Waals surface area contributed by atoms with Crippen molar-refractivity contribution in [3.8, 4) is 0 Å². The van der Waals surface area contributed by atoms with Gasteiger partial charge >= 0.3 is 0 Å². The van der Waals surface area contributed by atoms with Crippen LogP contribution in [0.4, 0.5) is 0 Å². The summed E-state index contributed by atoms with van der Waals surface area (Å²) in [5.41, 5.74) is 0. The zero-order valence-corrected chi connectivity index (χ0v) is 16.5. The summed E-state index contributed by atoms with van der Waals surface area (Å²) in [4.78, 5) is 3.23. The van der Waals surface area contributed by atoms with E-state index in [0.29, 0.717) is 0 Å². The van der Waals surface area contributed by atoms with E-state index in [9.17, 15) is 0 Å². The molecule has 0 bridgehead atoms. The predicted molar refractivity (Wildman–Crippen MR) is 107 cm³/mol. The highest BCUT2D eigenvalue weighted by Gasteiger charge is 2.20. The molecule has 0 amide bonds. The average molecular weight is 349 g/mol. The van der Waals surface area contributed by atoms with E-state index in [1.54, 1.807) is 19.2 Å². The van der Waals surface area contributed by atoms with Gasteiger partial charge in [-0.05, 0) is 49.7 Å². The topological polar surface area (TPSA) is 0 Å². The lowest BCUT2D eigenvalue weighted by Crippen LogP contribution is -2.14. The van der Waals surface area contributed by atoms with Gasteiger partial charge in [0.05, 0.1) is 0 Å². The Morgan fingerprint density at radius 2 is 1.43 bits per heavy atom. The number of hydrogen-bond acceptors (Lipinski definition) is 2. The second-order valence-electron chi connectivity index (χ2n) is 7.44. The molecule has 1 aliphatic rings. The van der Waals surface area contributed by atoms with Crippen molar-refractivity contribution in [1.82, 2.24) is 0 Å². The minimum Gasteiger partial charge on any atom is -0.139 e. The van der Waals surface area contributed by atoms with E-state index >= 15 is 0 Å². The number of rotatable bonds is 8. The fourth-order valence-electron chi connectivity index (χ4n) is 4.01. The standard InChI is InChI=1S/C21H32S2/c1-3-5-6-7-18-14-20-21(22-18)15-19(23-20)13-12-17-10-8-16(4-2)9-11-17/h14-17H,3-13H2,1-2H3/t16-,17-. The zero-order chi connectivity index (χ0) is 16.1. The Balaban J connectivity index is 1.48. The van der Waals surface area contributed by atoms with Gasteiger partial charge < -0.3 is 0 Å². The van der Waals surface area contributed by atoms with Gasteiger partial charge in [0, 0.05) is 19.2 Å². The van der Waals surface area contributed by atoms with Gasteiger partial charge in [-0.25, -0.2) is 0 Å². The van der Waals surface area contributed by atoms with Gasteiger partial charge in [-0.3, -0.25) is 0 Å². The first kappa shape index (κ1) is 17.5. The molecule has 2 aromatic heterocycles. The Labute approximate surface area is 150 Å². The van der Waals surface area contributed by atoms with Gasteiger partial charge in [0.15, 0.2) is 0 Å². The second kappa shape index (κ2) is 8.67. The van der Waals surface area contributed by atoms with Crippen LogP contribution in [0.15, 0.2) is 12.1 Å². The third kappa shape index (κ3) is 4.82. The molecule has 128 valence electrons. The summed E-state index contributed by atoms with van der Waals surface area (Å²) in [6, 6.07) is 4.96. The molecular formula is C21H32S2. The van der Waals surface area contributed by atoms with Crippen molar-refractivity contribution in [1.29, 1.82) is 0 Å². The SMILES string of the molecule is CCCCCc1cc2sc(CC[C@H]3CC[C@H](CC)CC3)cc2s1. The molecule has 2 heteroatoms. The van der Waals surface area contributed by atoms with Crippen molar-refractivity contribution in [3.63, 3.8) is 0 Å². The molecule has 0 spiro atoms. The molecule has 2 heterocycles. The van der Waals surface area contributed by atoms with Crippen LogP contribution in [0.2, 0.25) is 0 Å². The van der Waals surface area contributed by atoms with E-state index in [-0.39, 0.29) is 0 Å². The summed E-state index contributed by atoms with van der Waals surface area (Å²) < 4.78 is 3.09. The maximum absolute atomic E-state index is 2.49. The molecule has 23 heavy (non-hydrogen) atoms. The van der Waals surface area contributed by atoms with E-state index in [4.69, 9.17) is 0 Å². The number of thiophene rings is 2. The van der Waals surface area contributed by atoms with Gasteiger partial charge in [0.2, 0.25) is 0 Å². The quantitative estimate of drug-likeness (QED) is 0.426. The Kier molecular flexibility index (Phi) is 6.59. The minimum absolute atomic E-state index is 1.00. The molecule has 2 aromatic rings. The van der Waals surface area contributed by atoms with Crippen LogP contribution in [0.1, 0.15) is 81.4 Å². The lowest BCUT2D eigenvalue weighted by Gasteiger charge is -2.27. The van der Waals surface area contributed by atoms with Crippen LogP contribution < -0.4 is 0 Å². The van der Waals surface area contributed by atoms with Crippen molar-refractivity contribution >= 4 is 32.1 Å². The van der Waals surface area contributed by atoms with E-state index in [2.05, 4.69) is 37.3 Å². The Morgan fingerprint density at radius 3 is 2.04 bits per heavy atom. The highest BCUT2D eigenvalue weighted by atomic mass is 32.1. The third-order valence-electron chi connectivity index (χ3n) is 5.68. The van der Waals surface area contributed by atoms with Crippen LogP contribution in [0.5, 0.6) is 0 Å². The summed E-state index contributed by atoms with van der Waals surface area (Å²) >= 11 is 4.11. The summed E-state index contributed by atoms with van der Waals surface area (Å²) in [5.74, 6) is 2.03. The van der Waals surface area contributed by atoms with E-state index in [1.807, 2.05) is 11.3 Å². The predicted octanol–water partition coefficient (Wildman–Crippen LogP) is 7.84. The highest BCUT2D eigenvalue weighted by molar-refractivity contribution is 7.27. The number of hydrogen-bond donors (Lipinski definition) is 0. The van der Waals surface area contributed by atoms with Crippen molar-refractivity contribution in [2.24, 2.45) is 11.8 Å². The molecule has 0 nitrogen and oxygen atoms in total. The Bertz CT molecular complexity index is 553. The lowest BCUT2D eigenvalue weighted by molar-refractivity contribution is 0.259. The van der Waals surface area contributed by atoms with E-state index in [1.165, 1.54) is 70.6 Å². The van der Waals surface area contributed by atoms with Crippen molar-refractivity contribution in [3.05, 3.63) is 21.9 Å². The maximum atomic E-state index is 2.49. The van der Waals surface area contributed by atoms with Gasteiger partial charge in [0.25, 0.3) is 0 Å². The maximum Gasteiger partial charge on any atom is 0.0456 e. The second-order valence-corrected chi connectivity index (χ2v) is 9.78. The van der Waals surface area contributed by atoms with Crippen LogP contribution in [0, 0.1) is 11.8 Å². The van der Waals surface area contributed by atoms with Gasteiger partial charge in [0.1, 0.15) is 0 Å². The molecule has 1 aliphatic carbocycles. The first-order valence-corrected chi connectivity index (χ1v) is 11.4.